The molecule has 4 rings (SSSR count). The van der Waals surface area contributed by atoms with Crippen LogP contribution in [0.1, 0.15) is 18.1 Å². The van der Waals surface area contributed by atoms with Crippen LogP contribution in [0.3, 0.4) is 0 Å². The summed E-state index contributed by atoms with van der Waals surface area (Å²) < 4.78 is 30.7. The van der Waals surface area contributed by atoms with Crippen LogP contribution >= 0.6 is 23.4 Å². The second kappa shape index (κ2) is 8.02. The Morgan fingerprint density at radius 2 is 2.21 bits per heavy atom. The predicted octanol–water partition coefficient (Wildman–Crippen LogP) is 2.33. The van der Waals surface area contributed by atoms with Crippen molar-refractivity contribution >= 4 is 44.2 Å². The van der Waals surface area contributed by atoms with Gasteiger partial charge < -0.3 is 14.1 Å². The van der Waals surface area contributed by atoms with Gasteiger partial charge in [0.25, 0.3) is 5.22 Å². The second-order valence-corrected chi connectivity index (χ2v) is 10.4. The van der Waals surface area contributed by atoms with Crippen molar-refractivity contribution in [2.75, 3.05) is 18.1 Å². The Morgan fingerprint density at radius 1 is 1.36 bits per heavy atom. The number of hydrogen-bond acceptors (Lipinski definition) is 8. The number of thioether (sulfide) groups is 1. The fourth-order valence-corrected chi connectivity index (χ4v) is 6.15. The van der Waals surface area contributed by atoms with E-state index in [1.807, 2.05) is 16.7 Å². The highest BCUT2D eigenvalue weighted by Crippen LogP contribution is 2.27. The second-order valence-electron chi connectivity index (χ2n) is 6.76. The van der Waals surface area contributed by atoms with Gasteiger partial charge in [-0.2, -0.15) is 0 Å². The van der Waals surface area contributed by atoms with Crippen molar-refractivity contribution in [1.82, 2.24) is 19.7 Å². The van der Waals surface area contributed by atoms with Gasteiger partial charge in [-0.25, -0.2) is 13.4 Å². The van der Waals surface area contributed by atoms with E-state index in [0.29, 0.717) is 41.3 Å². The van der Waals surface area contributed by atoms with Gasteiger partial charge in [-0.1, -0.05) is 23.4 Å². The van der Waals surface area contributed by atoms with Crippen LogP contribution in [0.15, 0.2) is 27.8 Å². The zero-order valence-corrected chi connectivity index (χ0v) is 17.3. The van der Waals surface area contributed by atoms with Gasteiger partial charge in [-0.3, -0.25) is 0 Å². The number of benzene rings is 1. The number of halogens is 1. The fourth-order valence-electron chi connectivity index (χ4n) is 3.39. The number of aliphatic hydroxyl groups is 1. The molecule has 1 N–H and O–H groups in total. The summed E-state index contributed by atoms with van der Waals surface area (Å²) in [5, 5.41) is 18.5. The molecule has 0 unspecified atom stereocenters. The molecule has 1 fully saturated rings. The standard InChI is InChI=1S/C17H19ClN4O4S2/c18-12-1-2-13-14(8-12)22(4-5-23)15(19-13)9-27-17-21-20-16(26-17)7-11-3-6-28(24,25)10-11/h1-2,8,11,23H,3-7,9-10H2/t11-/m0/s1. The van der Waals surface area contributed by atoms with Crippen molar-refractivity contribution in [3.8, 4) is 0 Å². The summed E-state index contributed by atoms with van der Waals surface area (Å²) in [5.74, 6) is 2.19. The first-order valence-corrected chi connectivity index (χ1v) is 12.0. The molecule has 3 aromatic rings. The van der Waals surface area contributed by atoms with Crippen LogP contribution in [0, 0.1) is 5.92 Å². The van der Waals surface area contributed by atoms with Crippen molar-refractivity contribution in [3.63, 3.8) is 0 Å². The van der Waals surface area contributed by atoms with Crippen molar-refractivity contribution in [2.45, 2.75) is 30.4 Å². The summed E-state index contributed by atoms with van der Waals surface area (Å²) >= 11 is 7.44. The molecule has 0 amide bonds. The number of aliphatic hydroxyl groups excluding tert-OH is 1. The molecule has 1 atom stereocenters. The van der Waals surface area contributed by atoms with Crippen LogP contribution in [0.5, 0.6) is 0 Å². The van der Waals surface area contributed by atoms with Crippen molar-refractivity contribution in [1.29, 1.82) is 0 Å². The smallest absolute Gasteiger partial charge is 0.277 e. The molecule has 0 aliphatic carbocycles. The van der Waals surface area contributed by atoms with Gasteiger partial charge in [0.1, 0.15) is 5.82 Å². The lowest BCUT2D eigenvalue weighted by molar-refractivity contribution is 0.276. The number of sulfone groups is 1. The summed E-state index contributed by atoms with van der Waals surface area (Å²) in [6.45, 7) is 0.405. The number of rotatable bonds is 7. The van der Waals surface area contributed by atoms with E-state index in [-0.39, 0.29) is 24.0 Å². The summed E-state index contributed by atoms with van der Waals surface area (Å²) in [4.78, 5) is 4.61. The molecule has 0 radical (unpaired) electrons. The normalized spacial score (nSPS) is 18.9. The first-order valence-electron chi connectivity index (χ1n) is 8.84. The Kier molecular flexibility index (Phi) is 5.64. The van der Waals surface area contributed by atoms with Gasteiger partial charge in [-0.15, -0.1) is 10.2 Å². The van der Waals surface area contributed by atoms with Crippen molar-refractivity contribution in [3.05, 3.63) is 34.9 Å². The quantitative estimate of drug-likeness (QED) is 0.555. The van der Waals surface area contributed by atoms with E-state index in [9.17, 15) is 13.5 Å². The van der Waals surface area contributed by atoms with E-state index >= 15 is 0 Å². The molecule has 0 spiro atoms. The van der Waals surface area contributed by atoms with Crippen LogP contribution in [0.4, 0.5) is 0 Å². The fraction of sp³-hybridized carbons (Fsp3) is 0.471. The van der Waals surface area contributed by atoms with Gasteiger partial charge in [0.05, 0.1) is 34.9 Å². The van der Waals surface area contributed by atoms with Crippen LogP contribution in [-0.2, 0) is 28.6 Å². The van der Waals surface area contributed by atoms with Gasteiger partial charge in [0.15, 0.2) is 9.84 Å². The van der Waals surface area contributed by atoms with Crippen LogP contribution < -0.4 is 0 Å². The van der Waals surface area contributed by atoms with E-state index in [1.165, 1.54) is 11.8 Å². The van der Waals surface area contributed by atoms with Crippen LogP contribution in [-0.4, -0.2) is 51.4 Å². The molecule has 11 heteroatoms. The van der Waals surface area contributed by atoms with Gasteiger partial charge in [0, 0.05) is 18.0 Å². The number of imidazole rings is 1. The van der Waals surface area contributed by atoms with Crippen molar-refractivity contribution < 1.29 is 17.9 Å². The minimum absolute atomic E-state index is 0.00928. The lowest BCUT2D eigenvalue weighted by atomic mass is 10.1. The number of aromatic nitrogens is 4. The highest BCUT2D eigenvalue weighted by atomic mass is 35.5. The number of fused-ring (bicyclic) bond motifs is 1. The summed E-state index contributed by atoms with van der Waals surface area (Å²) in [7, 11) is -2.92. The molecule has 150 valence electrons. The van der Waals surface area contributed by atoms with E-state index in [4.69, 9.17) is 16.0 Å². The molecule has 8 nitrogen and oxygen atoms in total. The zero-order valence-electron chi connectivity index (χ0n) is 14.9. The van der Waals surface area contributed by atoms with Gasteiger partial charge in [0.2, 0.25) is 5.89 Å². The molecule has 3 heterocycles. The minimum atomic E-state index is -2.92. The average molecular weight is 443 g/mol. The topological polar surface area (TPSA) is 111 Å². The zero-order chi connectivity index (χ0) is 19.7. The summed E-state index contributed by atoms with van der Waals surface area (Å²) in [6, 6.07) is 5.46. The Labute approximate surface area is 171 Å². The van der Waals surface area contributed by atoms with Crippen LogP contribution in [0.25, 0.3) is 11.0 Å². The molecule has 0 bridgehead atoms. The van der Waals surface area contributed by atoms with Gasteiger partial charge in [-0.05, 0) is 30.5 Å². The predicted molar refractivity (Wildman–Crippen MR) is 106 cm³/mol. The largest absolute Gasteiger partial charge is 0.416 e. The van der Waals surface area contributed by atoms with E-state index < -0.39 is 9.84 Å². The van der Waals surface area contributed by atoms with E-state index in [0.717, 1.165) is 16.9 Å². The Bertz CT molecular complexity index is 1100. The third-order valence-corrected chi connectivity index (χ3v) is 7.56. The summed E-state index contributed by atoms with van der Waals surface area (Å²) in [6.07, 6.45) is 1.12. The first kappa shape index (κ1) is 19.7. The van der Waals surface area contributed by atoms with Crippen molar-refractivity contribution in [2.24, 2.45) is 5.92 Å². The SMILES string of the molecule is O=S1(=O)CC[C@@H](Cc2nnc(SCc3nc4ccc(Cl)cc4n3CCO)o2)C1. The third kappa shape index (κ3) is 4.35. The molecule has 1 aliphatic heterocycles. The molecule has 1 saturated heterocycles. The van der Waals surface area contributed by atoms with E-state index in [2.05, 4.69) is 15.2 Å². The lowest BCUT2D eigenvalue weighted by Gasteiger charge is -2.06. The number of hydrogen-bond donors (Lipinski definition) is 1. The van der Waals surface area contributed by atoms with Gasteiger partial charge >= 0.3 is 0 Å². The maximum absolute atomic E-state index is 11.6. The van der Waals surface area contributed by atoms with Crippen LogP contribution in [0.2, 0.25) is 5.02 Å². The highest BCUT2D eigenvalue weighted by Gasteiger charge is 2.29. The maximum Gasteiger partial charge on any atom is 0.277 e. The highest BCUT2D eigenvalue weighted by molar-refractivity contribution is 7.98. The Balaban J connectivity index is 1.45. The maximum atomic E-state index is 11.6. The first-order chi connectivity index (χ1) is 13.4. The summed E-state index contributed by atoms with van der Waals surface area (Å²) in [5.41, 5.74) is 1.67. The molecule has 28 heavy (non-hydrogen) atoms. The lowest BCUT2D eigenvalue weighted by Crippen LogP contribution is -2.07. The minimum Gasteiger partial charge on any atom is -0.416 e. The molecule has 1 aromatic carbocycles. The monoisotopic (exact) mass is 442 g/mol. The Morgan fingerprint density at radius 3 is 2.96 bits per heavy atom. The molecule has 2 aromatic heterocycles. The molecule has 0 saturated carbocycles. The average Bonchev–Trinajstić information content (AvgIpc) is 3.32. The van der Waals surface area contributed by atoms with E-state index in [1.54, 1.807) is 6.07 Å². The molecular weight excluding hydrogens is 424 g/mol. The number of nitrogens with zero attached hydrogens (tertiary/aromatic N) is 4. The molecular formula is C17H19ClN4O4S2. The third-order valence-electron chi connectivity index (χ3n) is 4.68. The molecule has 1 aliphatic rings. The Hall–Kier alpha value is -1.62.